The summed E-state index contributed by atoms with van der Waals surface area (Å²) in [6.45, 7) is 0.324. The van der Waals surface area contributed by atoms with E-state index in [4.69, 9.17) is 0 Å². The molecular weight excluding hydrogens is 362 g/mol. The molecule has 3 rings (SSSR count). The van der Waals surface area contributed by atoms with Crippen molar-refractivity contribution in [3.8, 4) is 0 Å². The molecule has 1 aliphatic heterocycles. The zero-order valence-corrected chi connectivity index (χ0v) is 14.4. The van der Waals surface area contributed by atoms with Crippen LogP contribution in [0.2, 0.25) is 0 Å². The number of benzene rings is 2. The van der Waals surface area contributed by atoms with Crippen molar-refractivity contribution in [1.29, 1.82) is 0 Å². The molecule has 0 aromatic heterocycles. The molecule has 3 nitrogen and oxygen atoms in total. The van der Waals surface area contributed by atoms with Gasteiger partial charge in [0.05, 0.1) is 11.6 Å². The van der Waals surface area contributed by atoms with Crippen LogP contribution in [-0.4, -0.2) is 28.6 Å². The second kappa shape index (κ2) is 7.68. The van der Waals surface area contributed by atoms with Crippen LogP contribution in [-0.2, 0) is 11.0 Å². The van der Waals surface area contributed by atoms with Crippen LogP contribution in [0.25, 0.3) is 0 Å². The Morgan fingerprint density at radius 3 is 2.52 bits per heavy atom. The van der Waals surface area contributed by atoms with Crippen LogP contribution in [0.4, 0.5) is 17.6 Å². The predicted molar refractivity (Wildman–Crippen MR) is 91.7 cm³/mol. The lowest BCUT2D eigenvalue weighted by atomic mass is 9.89. The van der Waals surface area contributed by atoms with Crippen LogP contribution in [0.5, 0.6) is 0 Å². The van der Waals surface area contributed by atoms with Gasteiger partial charge in [-0.15, -0.1) is 0 Å². The van der Waals surface area contributed by atoms with Crippen molar-refractivity contribution >= 4 is 5.97 Å². The average molecular weight is 381 g/mol. The molecule has 0 amide bonds. The van der Waals surface area contributed by atoms with Gasteiger partial charge in [0.2, 0.25) is 0 Å². The highest BCUT2D eigenvalue weighted by Gasteiger charge is 2.40. The van der Waals surface area contributed by atoms with Crippen LogP contribution in [0.15, 0.2) is 48.5 Å². The van der Waals surface area contributed by atoms with Crippen molar-refractivity contribution in [3.05, 3.63) is 71.0 Å². The van der Waals surface area contributed by atoms with E-state index in [2.05, 4.69) is 0 Å². The summed E-state index contributed by atoms with van der Waals surface area (Å²) in [6, 6.07) is 8.51. The Balaban J connectivity index is 2.19. The quantitative estimate of drug-likeness (QED) is 0.768. The third-order valence-corrected chi connectivity index (χ3v) is 4.89. The molecule has 1 fully saturated rings. The van der Waals surface area contributed by atoms with Crippen molar-refractivity contribution in [2.24, 2.45) is 0 Å². The summed E-state index contributed by atoms with van der Waals surface area (Å²) in [5, 5.41) is 9.60. The topological polar surface area (TPSA) is 40.5 Å². The van der Waals surface area contributed by atoms with E-state index in [0.717, 1.165) is 6.07 Å². The van der Waals surface area contributed by atoms with E-state index < -0.39 is 35.6 Å². The molecule has 2 atom stereocenters. The van der Waals surface area contributed by atoms with Crippen LogP contribution in [0.1, 0.15) is 42.0 Å². The van der Waals surface area contributed by atoms with Crippen LogP contribution in [0, 0.1) is 5.82 Å². The number of alkyl halides is 3. The van der Waals surface area contributed by atoms with Crippen LogP contribution >= 0.6 is 0 Å². The first-order chi connectivity index (χ1) is 12.8. The fourth-order valence-corrected chi connectivity index (χ4v) is 3.75. The molecule has 144 valence electrons. The normalized spacial score (nSPS) is 19.6. The van der Waals surface area contributed by atoms with Gasteiger partial charge in [0.25, 0.3) is 0 Å². The Kier molecular flexibility index (Phi) is 5.51. The number of likely N-dealkylation sites (tertiary alicyclic amines) is 1. The highest BCUT2D eigenvalue weighted by molar-refractivity contribution is 5.73. The van der Waals surface area contributed by atoms with E-state index in [0.29, 0.717) is 31.4 Å². The maximum Gasteiger partial charge on any atom is 0.416 e. The number of carboxylic acid groups (broad SMARTS) is 1. The Labute approximate surface area is 154 Å². The summed E-state index contributed by atoms with van der Waals surface area (Å²) in [4.78, 5) is 13.3. The third kappa shape index (κ3) is 4.13. The number of hydrogen-bond donors (Lipinski definition) is 1. The fraction of sp³-hybridized carbons (Fsp3) is 0.350. The van der Waals surface area contributed by atoms with Crippen molar-refractivity contribution in [2.75, 3.05) is 6.54 Å². The lowest BCUT2D eigenvalue weighted by Gasteiger charge is -2.40. The van der Waals surface area contributed by atoms with Gasteiger partial charge in [0.15, 0.2) is 0 Å². The second-order valence-corrected chi connectivity index (χ2v) is 6.63. The minimum absolute atomic E-state index is 0.0660. The smallest absolute Gasteiger partial charge is 0.416 e. The molecule has 27 heavy (non-hydrogen) atoms. The Bertz CT molecular complexity index is 822. The van der Waals surface area contributed by atoms with E-state index in [1.54, 1.807) is 4.90 Å². The van der Waals surface area contributed by atoms with Gasteiger partial charge < -0.3 is 5.11 Å². The van der Waals surface area contributed by atoms with Crippen molar-refractivity contribution in [2.45, 2.75) is 37.5 Å². The highest BCUT2D eigenvalue weighted by Crippen LogP contribution is 2.41. The maximum absolute atomic E-state index is 13.8. The summed E-state index contributed by atoms with van der Waals surface area (Å²) in [7, 11) is 0. The third-order valence-electron chi connectivity index (χ3n) is 4.89. The van der Waals surface area contributed by atoms with Crippen LogP contribution in [0.3, 0.4) is 0 Å². The van der Waals surface area contributed by atoms with E-state index in [9.17, 15) is 27.5 Å². The number of aliphatic carboxylic acids is 1. The molecule has 1 heterocycles. The minimum Gasteiger partial charge on any atom is -0.480 e. The summed E-state index contributed by atoms with van der Waals surface area (Å²) in [5.41, 5.74) is -0.599. The Morgan fingerprint density at radius 2 is 1.85 bits per heavy atom. The first kappa shape index (κ1) is 19.4. The van der Waals surface area contributed by atoms with Crippen molar-refractivity contribution in [1.82, 2.24) is 4.90 Å². The van der Waals surface area contributed by atoms with Crippen molar-refractivity contribution < 1.29 is 27.5 Å². The number of halogens is 4. The molecule has 1 aliphatic rings. The van der Waals surface area contributed by atoms with Gasteiger partial charge in [0.1, 0.15) is 11.9 Å². The minimum atomic E-state index is -4.60. The molecule has 0 aliphatic carbocycles. The molecule has 0 spiro atoms. The molecule has 1 saturated heterocycles. The monoisotopic (exact) mass is 381 g/mol. The number of carbonyl (C=O) groups is 1. The van der Waals surface area contributed by atoms with Gasteiger partial charge >= 0.3 is 12.1 Å². The standard InChI is InChI=1S/C20H19F4NO2/c21-14-7-5-6-13(12-14)18(25-11-4-3-10-17(25)19(26)27)15-8-1-2-9-16(15)20(22,23)24/h1-2,5-9,12,17-18H,3-4,10-11H2,(H,26,27). The number of rotatable bonds is 4. The molecule has 2 aromatic rings. The molecular formula is C20H19F4NO2. The highest BCUT2D eigenvalue weighted by atomic mass is 19.4. The number of piperidine rings is 1. The first-order valence-electron chi connectivity index (χ1n) is 8.69. The molecule has 0 saturated carbocycles. The molecule has 2 unspecified atom stereocenters. The SMILES string of the molecule is O=C(O)C1CCCCN1C(c1cccc(F)c1)c1ccccc1C(F)(F)F. The van der Waals surface area contributed by atoms with Gasteiger partial charge in [0, 0.05) is 0 Å². The number of nitrogens with zero attached hydrogens (tertiary/aromatic N) is 1. The molecule has 0 bridgehead atoms. The predicted octanol–water partition coefficient (Wildman–Crippen LogP) is 4.87. The second-order valence-electron chi connectivity index (χ2n) is 6.63. The summed E-state index contributed by atoms with van der Waals surface area (Å²) >= 11 is 0. The number of hydrogen-bond acceptors (Lipinski definition) is 2. The fourth-order valence-electron chi connectivity index (χ4n) is 3.75. The lowest BCUT2D eigenvalue weighted by Crippen LogP contribution is -2.47. The Hall–Kier alpha value is -2.41. The van der Waals surface area contributed by atoms with Gasteiger partial charge in [-0.05, 0) is 48.7 Å². The molecule has 7 heteroatoms. The Morgan fingerprint density at radius 1 is 1.11 bits per heavy atom. The summed E-state index contributed by atoms with van der Waals surface area (Å²) in [5.74, 6) is -1.66. The van der Waals surface area contributed by atoms with Gasteiger partial charge in [-0.3, -0.25) is 9.69 Å². The zero-order chi connectivity index (χ0) is 19.6. The van der Waals surface area contributed by atoms with Gasteiger partial charge in [-0.1, -0.05) is 36.8 Å². The maximum atomic E-state index is 13.8. The number of carboxylic acids is 1. The van der Waals surface area contributed by atoms with Crippen LogP contribution < -0.4 is 0 Å². The summed E-state index contributed by atoms with van der Waals surface area (Å²) in [6.07, 6.45) is -2.90. The molecule has 1 N–H and O–H groups in total. The molecule has 0 radical (unpaired) electrons. The molecule has 2 aromatic carbocycles. The van der Waals surface area contributed by atoms with Gasteiger partial charge in [-0.2, -0.15) is 13.2 Å². The first-order valence-corrected chi connectivity index (χ1v) is 8.69. The van der Waals surface area contributed by atoms with E-state index in [-0.39, 0.29) is 5.56 Å². The lowest BCUT2D eigenvalue weighted by molar-refractivity contribution is -0.145. The summed E-state index contributed by atoms with van der Waals surface area (Å²) < 4.78 is 54.7. The van der Waals surface area contributed by atoms with E-state index in [1.807, 2.05) is 0 Å². The van der Waals surface area contributed by atoms with E-state index >= 15 is 0 Å². The van der Waals surface area contributed by atoms with E-state index in [1.165, 1.54) is 42.5 Å². The largest absolute Gasteiger partial charge is 0.480 e. The van der Waals surface area contributed by atoms with Crippen molar-refractivity contribution in [3.63, 3.8) is 0 Å². The van der Waals surface area contributed by atoms with Gasteiger partial charge in [-0.25, -0.2) is 4.39 Å². The average Bonchev–Trinajstić information content (AvgIpc) is 2.62. The zero-order valence-electron chi connectivity index (χ0n) is 14.4.